The fraction of sp³-hybridized carbons (Fsp3) is 0.467. The monoisotopic (exact) mass is 291 g/mol. The summed E-state index contributed by atoms with van der Waals surface area (Å²) in [6, 6.07) is 3.01. The molecule has 6 heteroatoms. The number of carbonyl (C=O) groups is 2. The molecule has 5 nitrogen and oxygen atoms in total. The minimum atomic E-state index is -0.687. The Morgan fingerprint density at radius 1 is 1.38 bits per heavy atom. The topological polar surface area (TPSA) is 52.7 Å². The van der Waals surface area contributed by atoms with E-state index in [4.69, 9.17) is 0 Å². The van der Waals surface area contributed by atoms with Crippen LogP contribution in [0.4, 0.5) is 15.8 Å². The molecule has 1 amide bonds. The Labute approximate surface area is 122 Å². The van der Waals surface area contributed by atoms with Crippen LogP contribution in [0, 0.1) is 5.82 Å². The van der Waals surface area contributed by atoms with E-state index in [0.717, 1.165) is 25.9 Å². The third kappa shape index (κ3) is 2.40. The van der Waals surface area contributed by atoms with Crippen LogP contribution >= 0.6 is 0 Å². The first kappa shape index (κ1) is 14.0. The second-order valence-corrected chi connectivity index (χ2v) is 5.88. The second kappa shape index (κ2) is 5.11. The molecular formula is C15H18FN3O2. The first-order valence-electron chi connectivity index (χ1n) is 7.08. The summed E-state index contributed by atoms with van der Waals surface area (Å²) in [5.74, 6) is -1.79. The lowest BCUT2D eigenvalue weighted by molar-refractivity contribution is -0.112. The van der Waals surface area contributed by atoms with Crippen LogP contribution in [0.15, 0.2) is 12.1 Å². The predicted molar refractivity (Wildman–Crippen MR) is 78.3 cm³/mol. The molecule has 0 saturated carbocycles. The lowest BCUT2D eigenvalue weighted by atomic mass is 10.1. The SMILES string of the molecule is CN(C)CC1CCCN1c1cc2c(cc1F)C(=O)C(=O)N2. The van der Waals surface area contributed by atoms with Crippen molar-refractivity contribution >= 4 is 23.1 Å². The van der Waals surface area contributed by atoms with Gasteiger partial charge in [0, 0.05) is 19.1 Å². The van der Waals surface area contributed by atoms with Gasteiger partial charge in [0.15, 0.2) is 0 Å². The van der Waals surface area contributed by atoms with Gasteiger partial charge in [-0.1, -0.05) is 0 Å². The van der Waals surface area contributed by atoms with Crippen LogP contribution in [0.25, 0.3) is 0 Å². The molecule has 1 atom stereocenters. The van der Waals surface area contributed by atoms with E-state index in [-0.39, 0.29) is 11.6 Å². The smallest absolute Gasteiger partial charge is 0.296 e. The van der Waals surface area contributed by atoms with Gasteiger partial charge in [-0.05, 0) is 39.1 Å². The van der Waals surface area contributed by atoms with Gasteiger partial charge >= 0.3 is 0 Å². The molecule has 112 valence electrons. The van der Waals surface area contributed by atoms with Gasteiger partial charge in [0.2, 0.25) is 0 Å². The number of benzene rings is 1. The van der Waals surface area contributed by atoms with Crippen molar-refractivity contribution in [2.24, 2.45) is 0 Å². The van der Waals surface area contributed by atoms with Gasteiger partial charge in [0.1, 0.15) is 5.82 Å². The Hall–Kier alpha value is -1.95. The molecule has 1 saturated heterocycles. The van der Waals surface area contributed by atoms with Crippen molar-refractivity contribution in [1.29, 1.82) is 0 Å². The largest absolute Gasteiger partial charge is 0.365 e. The predicted octanol–water partition coefficient (Wildman–Crippen LogP) is 1.49. The molecular weight excluding hydrogens is 273 g/mol. The number of nitrogens with zero attached hydrogens (tertiary/aromatic N) is 2. The number of hydrogen-bond donors (Lipinski definition) is 1. The summed E-state index contributed by atoms with van der Waals surface area (Å²) in [7, 11) is 3.99. The Kier molecular flexibility index (Phi) is 3.41. The van der Waals surface area contributed by atoms with E-state index in [1.807, 2.05) is 19.0 Å². The maximum atomic E-state index is 14.4. The number of hydrogen-bond acceptors (Lipinski definition) is 4. The molecule has 0 spiro atoms. The second-order valence-electron chi connectivity index (χ2n) is 5.88. The first-order valence-corrected chi connectivity index (χ1v) is 7.08. The molecule has 0 radical (unpaired) electrons. The summed E-state index contributed by atoms with van der Waals surface area (Å²) in [5, 5.41) is 2.50. The van der Waals surface area contributed by atoms with E-state index in [0.29, 0.717) is 11.4 Å². The number of fused-ring (bicyclic) bond motifs is 1. The zero-order valence-corrected chi connectivity index (χ0v) is 12.1. The van der Waals surface area contributed by atoms with E-state index >= 15 is 0 Å². The molecule has 0 aromatic heterocycles. The molecule has 2 aliphatic rings. The molecule has 1 fully saturated rings. The molecule has 1 unspecified atom stereocenters. The molecule has 3 rings (SSSR count). The summed E-state index contributed by atoms with van der Waals surface area (Å²) in [4.78, 5) is 27.1. The maximum Gasteiger partial charge on any atom is 0.296 e. The van der Waals surface area contributed by atoms with Crippen LogP contribution in [0.1, 0.15) is 23.2 Å². The van der Waals surface area contributed by atoms with E-state index in [9.17, 15) is 14.0 Å². The number of rotatable bonds is 3. The quantitative estimate of drug-likeness (QED) is 0.857. The highest BCUT2D eigenvalue weighted by molar-refractivity contribution is 6.51. The van der Waals surface area contributed by atoms with Crippen LogP contribution in [0.3, 0.4) is 0 Å². The van der Waals surface area contributed by atoms with Crippen LogP contribution in [-0.2, 0) is 4.79 Å². The average Bonchev–Trinajstić information content (AvgIpc) is 2.96. The number of ketones is 1. The molecule has 0 aliphatic carbocycles. The summed E-state index contributed by atoms with van der Waals surface area (Å²) >= 11 is 0. The zero-order chi connectivity index (χ0) is 15.1. The van der Waals surface area contributed by atoms with Gasteiger partial charge in [0.05, 0.1) is 16.9 Å². The minimum absolute atomic E-state index is 0.129. The molecule has 1 aromatic rings. The maximum absolute atomic E-state index is 14.4. The number of amides is 1. The number of carbonyl (C=O) groups excluding carboxylic acids is 2. The van der Waals surface area contributed by atoms with Crippen molar-refractivity contribution in [1.82, 2.24) is 4.90 Å². The van der Waals surface area contributed by atoms with Crippen molar-refractivity contribution in [3.8, 4) is 0 Å². The zero-order valence-electron chi connectivity index (χ0n) is 12.1. The Balaban J connectivity index is 1.95. The molecule has 1 aromatic carbocycles. The van der Waals surface area contributed by atoms with E-state index < -0.39 is 17.5 Å². The lowest BCUT2D eigenvalue weighted by Crippen LogP contribution is -2.38. The molecule has 2 heterocycles. The Morgan fingerprint density at radius 2 is 2.14 bits per heavy atom. The number of anilines is 2. The van der Waals surface area contributed by atoms with Crippen molar-refractivity contribution in [3.05, 3.63) is 23.5 Å². The summed E-state index contributed by atoms with van der Waals surface area (Å²) < 4.78 is 14.4. The van der Waals surface area contributed by atoms with Crippen molar-refractivity contribution < 1.29 is 14.0 Å². The van der Waals surface area contributed by atoms with Crippen LogP contribution in [-0.4, -0.2) is 49.8 Å². The van der Waals surface area contributed by atoms with E-state index in [1.54, 1.807) is 6.07 Å². The lowest BCUT2D eigenvalue weighted by Gasteiger charge is -2.29. The third-order valence-corrected chi connectivity index (χ3v) is 4.05. The highest BCUT2D eigenvalue weighted by Crippen LogP contribution is 2.34. The summed E-state index contributed by atoms with van der Waals surface area (Å²) in [6.45, 7) is 1.64. The van der Waals surface area contributed by atoms with Crippen molar-refractivity contribution in [2.75, 3.05) is 37.4 Å². The first-order chi connectivity index (χ1) is 9.97. The van der Waals surface area contributed by atoms with Gasteiger partial charge in [0.25, 0.3) is 11.7 Å². The Morgan fingerprint density at radius 3 is 2.86 bits per heavy atom. The molecule has 1 N–H and O–H groups in total. The van der Waals surface area contributed by atoms with Gasteiger partial charge in [-0.3, -0.25) is 9.59 Å². The Bertz CT molecular complexity index is 615. The molecule has 0 bridgehead atoms. The van der Waals surface area contributed by atoms with Gasteiger partial charge in [-0.15, -0.1) is 0 Å². The number of likely N-dealkylation sites (N-methyl/N-ethyl adjacent to an activating group) is 1. The number of Topliss-reactive ketones (excluding diaryl/α,β-unsaturated/α-hetero) is 1. The number of nitrogens with one attached hydrogen (secondary N) is 1. The fourth-order valence-corrected chi connectivity index (χ4v) is 3.14. The molecule has 21 heavy (non-hydrogen) atoms. The standard InChI is InChI=1S/C15H18FN3O2/c1-18(2)8-9-4-3-5-19(9)13-7-12-10(6-11(13)16)14(20)15(21)17-12/h6-7,9H,3-5,8H2,1-2H3,(H,17,20,21). The van der Waals surface area contributed by atoms with Crippen LogP contribution in [0.5, 0.6) is 0 Å². The fourth-order valence-electron chi connectivity index (χ4n) is 3.14. The van der Waals surface area contributed by atoms with Crippen molar-refractivity contribution in [2.45, 2.75) is 18.9 Å². The van der Waals surface area contributed by atoms with E-state index in [1.165, 1.54) is 6.07 Å². The van der Waals surface area contributed by atoms with Gasteiger partial charge < -0.3 is 15.1 Å². The van der Waals surface area contributed by atoms with E-state index in [2.05, 4.69) is 10.2 Å². The molecule has 2 aliphatic heterocycles. The summed E-state index contributed by atoms with van der Waals surface area (Å²) in [6.07, 6.45) is 2.03. The third-order valence-electron chi connectivity index (χ3n) is 4.05. The highest BCUT2D eigenvalue weighted by Gasteiger charge is 2.33. The van der Waals surface area contributed by atoms with Crippen molar-refractivity contribution in [3.63, 3.8) is 0 Å². The minimum Gasteiger partial charge on any atom is -0.365 e. The summed E-state index contributed by atoms with van der Waals surface area (Å²) in [5.41, 5.74) is 1.01. The van der Waals surface area contributed by atoms with Crippen LogP contribution in [0.2, 0.25) is 0 Å². The normalized spacial score (nSPS) is 21.1. The average molecular weight is 291 g/mol. The highest BCUT2D eigenvalue weighted by atomic mass is 19.1. The van der Waals surface area contributed by atoms with Gasteiger partial charge in [-0.25, -0.2) is 4.39 Å². The van der Waals surface area contributed by atoms with Gasteiger partial charge in [-0.2, -0.15) is 0 Å². The van der Waals surface area contributed by atoms with Crippen LogP contribution < -0.4 is 10.2 Å². The number of halogens is 1.